The van der Waals surface area contributed by atoms with Crippen molar-refractivity contribution in [2.24, 2.45) is 0 Å². The van der Waals surface area contributed by atoms with Crippen molar-refractivity contribution in [1.82, 2.24) is 14.4 Å². The van der Waals surface area contributed by atoms with E-state index < -0.39 is 0 Å². The minimum absolute atomic E-state index is 0.0234. The quantitative estimate of drug-likeness (QED) is 0.826. The van der Waals surface area contributed by atoms with Crippen molar-refractivity contribution >= 4 is 11.8 Å². The minimum atomic E-state index is 0.0234. The van der Waals surface area contributed by atoms with E-state index in [2.05, 4.69) is 0 Å². The lowest BCUT2D eigenvalue weighted by atomic mass is 10.1. The summed E-state index contributed by atoms with van der Waals surface area (Å²) in [6.45, 7) is 2.95. The van der Waals surface area contributed by atoms with Gasteiger partial charge in [0.25, 0.3) is 5.91 Å². The first-order valence-corrected chi connectivity index (χ1v) is 8.98. The molecule has 0 saturated carbocycles. The van der Waals surface area contributed by atoms with Gasteiger partial charge in [0.2, 0.25) is 5.91 Å². The molecular formula is C20H25N3O3. The van der Waals surface area contributed by atoms with E-state index in [9.17, 15) is 9.59 Å². The van der Waals surface area contributed by atoms with Crippen molar-refractivity contribution < 1.29 is 14.3 Å². The summed E-state index contributed by atoms with van der Waals surface area (Å²) in [6.07, 6.45) is 5.14. The van der Waals surface area contributed by atoms with Crippen molar-refractivity contribution in [3.05, 3.63) is 54.4 Å². The van der Waals surface area contributed by atoms with E-state index in [1.165, 1.54) is 0 Å². The molecule has 6 nitrogen and oxygen atoms in total. The van der Waals surface area contributed by atoms with Crippen molar-refractivity contribution in [2.75, 3.05) is 39.9 Å². The van der Waals surface area contributed by atoms with Crippen molar-refractivity contribution in [3.8, 4) is 5.69 Å². The predicted octanol–water partition coefficient (Wildman–Crippen LogP) is 2.19. The van der Waals surface area contributed by atoms with Gasteiger partial charge in [0.15, 0.2) is 0 Å². The lowest BCUT2D eigenvalue weighted by Crippen LogP contribution is -2.37. The summed E-state index contributed by atoms with van der Waals surface area (Å²) < 4.78 is 6.98. The Morgan fingerprint density at radius 3 is 2.31 bits per heavy atom. The maximum absolute atomic E-state index is 12.8. The van der Waals surface area contributed by atoms with E-state index in [0.717, 1.165) is 12.1 Å². The molecule has 1 aliphatic rings. The van der Waals surface area contributed by atoms with E-state index in [-0.39, 0.29) is 11.8 Å². The zero-order valence-electron chi connectivity index (χ0n) is 15.1. The maximum Gasteiger partial charge on any atom is 0.253 e. The molecule has 1 saturated heterocycles. The van der Waals surface area contributed by atoms with Crippen LogP contribution in [-0.4, -0.2) is 66.1 Å². The fourth-order valence-corrected chi connectivity index (χ4v) is 3.18. The van der Waals surface area contributed by atoms with Crippen LogP contribution in [0.3, 0.4) is 0 Å². The summed E-state index contributed by atoms with van der Waals surface area (Å²) in [5, 5.41) is 0. The Kier molecular flexibility index (Phi) is 6.07. The number of amides is 2. The van der Waals surface area contributed by atoms with Crippen LogP contribution in [0.25, 0.3) is 5.69 Å². The molecule has 0 unspecified atom stereocenters. The molecule has 26 heavy (non-hydrogen) atoms. The Morgan fingerprint density at radius 2 is 1.62 bits per heavy atom. The molecule has 1 fully saturated rings. The first-order valence-electron chi connectivity index (χ1n) is 8.98. The highest BCUT2D eigenvalue weighted by Gasteiger charge is 2.22. The minimum Gasteiger partial charge on any atom is -0.384 e. The number of nitrogens with zero attached hydrogens (tertiary/aromatic N) is 3. The van der Waals surface area contributed by atoms with Gasteiger partial charge in [0, 0.05) is 56.9 Å². The summed E-state index contributed by atoms with van der Waals surface area (Å²) >= 11 is 0. The summed E-state index contributed by atoms with van der Waals surface area (Å²) in [6, 6.07) is 11.6. The zero-order chi connectivity index (χ0) is 18.4. The summed E-state index contributed by atoms with van der Waals surface area (Å²) in [4.78, 5) is 28.6. The van der Waals surface area contributed by atoms with Crippen LogP contribution in [0.15, 0.2) is 48.8 Å². The van der Waals surface area contributed by atoms with Gasteiger partial charge in [-0.05, 0) is 42.8 Å². The first kappa shape index (κ1) is 18.2. The van der Waals surface area contributed by atoms with Gasteiger partial charge < -0.3 is 19.1 Å². The number of benzene rings is 1. The third kappa shape index (κ3) is 4.32. The van der Waals surface area contributed by atoms with E-state index in [4.69, 9.17) is 4.74 Å². The van der Waals surface area contributed by atoms with Gasteiger partial charge in [0.05, 0.1) is 13.0 Å². The Balaban J connectivity index is 1.60. The van der Waals surface area contributed by atoms with Gasteiger partial charge in [-0.15, -0.1) is 0 Å². The van der Waals surface area contributed by atoms with Crippen LogP contribution >= 0.6 is 0 Å². The van der Waals surface area contributed by atoms with Crippen LogP contribution in [0, 0.1) is 0 Å². The predicted molar refractivity (Wildman–Crippen MR) is 99.4 cm³/mol. The Morgan fingerprint density at radius 1 is 0.962 bits per heavy atom. The van der Waals surface area contributed by atoms with Crippen molar-refractivity contribution in [1.29, 1.82) is 0 Å². The molecular weight excluding hydrogens is 330 g/mol. The lowest BCUT2D eigenvalue weighted by molar-refractivity contribution is -0.132. The number of methoxy groups -OCH3 is 1. The number of hydrogen-bond donors (Lipinski definition) is 0. The van der Waals surface area contributed by atoms with E-state index in [1.54, 1.807) is 7.11 Å². The molecule has 0 atom stereocenters. The standard InChI is InChI=1S/C20H25N3O3/c1-26-16-9-19(24)22-12-4-13-23(15-14-22)20(25)17-5-7-18(8-6-17)21-10-2-3-11-21/h2-3,5-8,10-11H,4,9,12-16H2,1H3. The second-order valence-corrected chi connectivity index (χ2v) is 6.41. The Labute approximate surface area is 154 Å². The fourth-order valence-electron chi connectivity index (χ4n) is 3.18. The fraction of sp³-hybridized carbons (Fsp3) is 0.400. The molecule has 2 heterocycles. The van der Waals surface area contributed by atoms with Crippen LogP contribution in [-0.2, 0) is 9.53 Å². The van der Waals surface area contributed by atoms with Gasteiger partial charge in [-0.3, -0.25) is 9.59 Å². The SMILES string of the molecule is COCCC(=O)N1CCCN(C(=O)c2ccc(-n3cccc3)cc2)CC1. The van der Waals surface area contributed by atoms with Gasteiger partial charge in [-0.25, -0.2) is 0 Å². The third-order valence-electron chi connectivity index (χ3n) is 4.67. The summed E-state index contributed by atoms with van der Waals surface area (Å²) in [5.41, 5.74) is 1.71. The molecule has 0 N–H and O–H groups in total. The molecule has 0 spiro atoms. The molecule has 6 heteroatoms. The average Bonchev–Trinajstić information content (AvgIpc) is 3.10. The van der Waals surface area contributed by atoms with Crippen molar-refractivity contribution in [2.45, 2.75) is 12.8 Å². The van der Waals surface area contributed by atoms with E-state index in [0.29, 0.717) is 44.8 Å². The van der Waals surface area contributed by atoms with Crippen LogP contribution in [0.1, 0.15) is 23.2 Å². The molecule has 0 bridgehead atoms. The number of carbonyl (C=O) groups excluding carboxylic acids is 2. The molecule has 0 aliphatic carbocycles. The monoisotopic (exact) mass is 355 g/mol. The third-order valence-corrected chi connectivity index (χ3v) is 4.67. The highest BCUT2D eigenvalue weighted by Crippen LogP contribution is 2.14. The van der Waals surface area contributed by atoms with Gasteiger partial charge in [0.1, 0.15) is 0 Å². The normalized spacial score (nSPS) is 15.0. The van der Waals surface area contributed by atoms with E-state index >= 15 is 0 Å². The van der Waals surface area contributed by atoms with Crippen LogP contribution in [0.2, 0.25) is 0 Å². The molecule has 2 aromatic rings. The molecule has 2 amide bonds. The van der Waals surface area contributed by atoms with Gasteiger partial charge >= 0.3 is 0 Å². The second-order valence-electron chi connectivity index (χ2n) is 6.41. The molecule has 1 aromatic heterocycles. The Bertz CT molecular complexity index is 725. The number of rotatable bonds is 5. The highest BCUT2D eigenvalue weighted by molar-refractivity contribution is 5.94. The summed E-state index contributed by atoms with van der Waals surface area (Å²) in [7, 11) is 1.59. The first-order chi connectivity index (χ1) is 12.7. The van der Waals surface area contributed by atoms with E-state index in [1.807, 2.05) is 63.2 Å². The molecule has 3 rings (SSSR count). The largest absolute Gasteiger partial charge is 0.384 e. The van der Waals surface area contributed by atoms with Crippen molar-refractivity contribution in [3.63, 3.8) is 0 Å². The highest BCUT2D eigenvalue weighted by atomic mass is 16.5. The lowest BCUT2D eigenvalue weighted by Gasteiger charge is -2.22. The maximum atomic E-state index is 12.8. The topological polar surface area (TPSA) is 54.8 Å². The molecule has 1 aliphatic heterocycles. The zero-order valence-corrected chi connectivity index (χ0v) is 15.1. The second kappa shape index (κ2) is 8.67. The summed E-state index contributed by atoms with van der Waals surface area (Å²) in [5.74, 6) is 0.118. The number of hydrogen-bond acceptors (Lipinski definition) is 3. The molecule has 0 radical (unpaired) electrons. The van der Waals surface area contributed by atoms with Crippen LogP contribution < -0.4 is 0 Å². The number of aromatic nitrogens is 1. The van der Waals surface area contributed by atoms with Crippen LogP contribution in [0.5, 0.6) is 0 Å². The molecule has 138 valence electrons. The average molecular weight is 355 g/mol. The smallest absolute Gasteiger partial charge is 0.253 e. The number of carbonyl (C=O) groups is 2. The van der Waals surface area contributed by atoms with Gasteiger partial charge in [-0.1, -0.05) is 0 Å². The van der Waals surface area contributed by atoms with Gasteiger partial charge in [-0.2, -0.15) is 0 Å². The number of ether oxygens (including phenoxy) is 1. The Hall–Kier alpha value is -2.60. The molecule has 1 aromatic carbocycles. The van der Waals surface area contributed by atoms with Crippen LogP contribution in [0.4, 0.5) is 0 Å².